The van der Waals surface area contributed by atoms with Crippen LogP contribution in [-0.2, 0) is 4.74 Å². The molecule has 1 aliphatic rings. The van der Waals surface area contributed by atoms with Crippen molar-refractivity contribution in [3.8, 4) is 28.7 Å². The van der Waals surface area contributed by atoms with Crippen molar-refractivity contribution in [2.45, 2.75) is 18.9 Å². The van der Waals surface area contributed by atoms with E-state index in [9.17, 15) is 5.26 Å². The summed E-state index contributed by atoms with van der Waals surface area (Å²) in [6.45, 7) is 1.41. The number of H-pyrrole nitrogens is 1. The van der Waals surface area contributed by atoms with Gasteiger partial charge in [0.2, 0.25) is 0 Å². The van der Waals surface area contributed by atoms with E-state index in [0.717, 1.165) is 35.0 Å². The molecule has 6 heteroatoms. The fourth-order valence-electron chi connectivity index (χ4n) is 3.20. The molecule has 0 spiro atoms. The largest absolute Gasteiger partial charge is 0.495 e. The number of methoxy groups -OCH3 is 1. The van der Waals surface area contributed by atoms with Gasteiger partial charge in [-0.25, -0.2) is 4.98 Å². The van der Waals surface area contributed by atoms with Gasteiger partial charge in [0, 0.05) is 30.0 Å². The van der Waals surface area contributed by atoms with Crippen molar-refractivity contribution < 1.29 is 14.2 Å². The van der Waals surface area contributed by atoms with Crippen molar-refractivity contribution in [3.05, 3.63) is 42.2 Å². The van der Waals surface area contributed by atoms with Crippen LogP contribution < -0.4 is 9.47 Å². The Morgan fingerprint density at radius 3 is 2.88 bits per heavy atom. The number of hydrogen-bond donors (Lipinski definition) is 1. The van der Waals surface area contributed by atoms with E-state index in [-0.39, 0.29) is 6.10 Å². The Hall–Kier alpha value is -3.04. The average molecular weight is 349 g/mol. The maximum Gasteiger partial charge on any atom is 0.138 e. The lowest BCUT2D eigenvalue weighted by Gasteiger charge is -2.23. The van der Waals surface area contributed by atoms with E-state index >= 15 is 0 Å². The quantitative estimate of drug-likeness (QED) is 0.777. The molecule has 26 heavy (non-hydrogen) atoms. The molecule has 6 nitrogen and oxygen atoms in total. The molecule has 132 valence electrons. The Labute approximate surface area is 151 Å². The van der Waals surface area contributed by atoms with Crippen LogP contribution in [0.5, 0.6) is 11.5 Å². The lowest BCUT2D eigenvalue weighted by atomic mass is 10.0. The molecule has 3 aromatic rings. The van der Waals surface area contributed by atoms with Gasteiger partial charge in [-0.05, 0) is 23.8 Å². The summed E-state index contributed by atoms with van der Waals surface area (Å²) < 4.78 is 16.7. The number of hydrogen-bond acceptors (Lipinski definition) is 5. The van der Waals surface area contributed by atoms with E-state index in [1.54, 1.807) is 13.3 Å². The Balaban J connectivity index is 1.68. The van der Waals surface area contributed by atoms with Crippen LogP contribution >= 0.6 is 0 Å². The number of fused-ring (bicyclic) bond motifs is 1. The minimum Gasteiger partial charge on any atom is -0.495 e. The monoisotopic (exact) mass is 349 g/mol. The Bertz CT molecular complexity index is 968. The lowest BCUT2D eigenvalue weighted by molar-refractivity contribution is 0.0254. The number of benzene rings is 1. The van der Waals surface area contributed by atoms with Gasteiger partial charge in [-0.15, -0.1) is 0 Å². The van der Waals surface area contributed by atoms with Crippen molar-refractivity contribution in [2.75, 3.05) is 20.3 Å². The summed E-state index contributed by atoms with van der Waals surface area (Å²) in [6, 6.07) is 9.89. The molecule has 0 saturated carbocycles. The van der Waals surface area contributed by atoms with Crippen LogP contribution in [0.1, 0.15) is 18.4 Å². The zero-order valence-corrected chi connectivity index (χ0v) is 14.5. The number of aromatic amines is 1. The molecular formula is C20H19N3O3. The molecule has 4 rings (SSSR count). The number of ether oxygens (including phenoxy) is 3. The fraction of sp³-hybridized carbons (Fsp3) is 0.300. The smallest absolute Gasteiger partial charge is 0.138 e. The molecule has 3 heterocycles. The Morgan fingerprint density at radius 2 is 2.12 bits per heavy atom. The number of pyridine rings is 1. The van der Waals surface area contributed by atoms with Gasteiger partial charge < -0.3 is 19.2 Å². The number of aromatic nitrogens is 2. The predicted octanol–water partition coefficient (Wildman–Crippen LogP) is 3.67. The molecule has 0 bridgehead atoms. The zero-order valence-electron chi connectivity index (χ0n) is 14.5. The van der Waals surface area contributed by atoms with Crippen molar-refractivity contribution in [1.82, 2.24) is 9.97 Å². The fourth-order valence-corrected chi connectivity index (χ4v) is 3.20. The van der Waals surface area contributed by atoms with Crippen LogP contribution in [-0.4, -0.2) is 36.4 Å². The maximum atomic E-state index is 9.57. The topological polar surface area (TPSA) is 80.2 Å². The molecule has 1 saturated heterocycles. The first-order valence-corrected chi connectivity index (χ1v) is 8.58. The Morgan fingerprint density at radius 1 is 1.27 bits per heavy atom. The standard InChI is InChI=1S/C20H19N3O3/c1-24-16-9-17-18(12-23-20(17)22-11-16)13-2-3-19(14(8-13)10-21)26-15-4-6-25-7-5-15/h2-3,8-9,11-12,15H,4-7H2,1H3,(H,22,23). The minimum atomic E-state index is 0.100. The SMILES string of the molecule is COc1cnc2[nH]cc(-c3ccc(OC4CCOCC4)c(C#N)c3)c2c1. The summed E-state index contributed by atoms with van der Waals surface area (Å²) in [5.74, 6) is 1.32. The van der Waals surface area contributed by atoms with E-state index in [0.29, 0.717) is 30.3 Å². The molecule has 0 unspecified atom stereocenters. The van der Waals surface area contributed by atoms with Crippen LogP contribution in [0.15, 0.2) is 36.7 Å². The first-order chi connectivity index (χ1) is 12.8. The van der Waals surface area contributed by atoms with E-state index in [2.05, 4.69) is 16.0 Å². The summed E-state index contributed by atoms with van der Waals surface area (Å²) in [7, 11) is 1.62. The lowest BCUT2D eigenvalue weighted by Crippen LogP contribution is -2.26. The van der Waals surface area contributed by atoms with Gasteiger partial charge in [0.1, 0.15) is 29.3 Å². The van der Waals surface area contributed by atoms with Crippen LogP contribution in [0.3, 0.4) is 0 Å². The molecule has 1 fully saturated rings. The third kappa shape index (κ3) is 3.09. The number of nitrogens with zero attached hydrogens (tertiary/aromatic N) is 2. The van der Waals surface area contributed by atoms with Crippen LogP contribution in [0.25, 0.3) is 22.2 Å². The van der Waals surface area contributed by atoms with E-state index in [1.165, 1.54) is 0 Å². The van der Waals surface area contributed by atoms with Crippen LogP contribution in [0.2, 0.25) is 0 Å². The van der Waals surface area contributed by atoms with Crippen LogP contribution in [0.4, 0.5) is 0 Å². The Kier molecular flexibility index (Phi) is 4.46. The van der Waals surface area contributed by atoms with E-state index in [1.807, 2.05) is 30.5 Å². The highest BCUT2D eigenvalue weighted by Gasteiger charge is 2.18. The molecule has 1 aromatic carbocycles. The molecule has 0 radical (unpaired) electrons. The van der Waals surface area contributed by atoms with Crippen molar-refractivity contribution >= 4 is 11.0 Å². The molecule has 0 amide bonds. The summed E-state index contributed by atoms with van der Waals surface area (Å²) >= 11 is 0. The number of rotatable bonds is 4. The highest BCUT2D eigenvalue weighted by molar-refractivity contribution is 5.94. The second-order valence-electron chi connectivity index (χ2n) is 6.23. The van der Waals surface area contributed by atoms with Gasteiger partial charge in [-0.1, -0.05) is 6.07 Å². The number of nitriles is 1. The molecular weight excluding hydrogens is 330 g/mol. The average Bonchev–Trinajstić information content (AvgIpc) is 3.12. The normalized spacial score (nSPS) is 14.9. The van der Waals surface area contributed by atoms with Gasteiger partial charge in [0.05, 0.1) is 32.1 Å². The van der Waals surface area contributed by atoms with E-state index in [4.69, 9.17) is 14.2 Å². The zero-order chi connectivity index (χ0) is 17.9. The molecule has 0 aliphatic carbocycles. The molecule has 2 aromatic heterocycles. The third-order valence-corrected chi connectivity index (χ3v) is 4.61. The predicted molar refractivity (Wildman–Crippen MR) is 97.3 cm³/mol. The van der Waals surface area contributed by atoms with Gasteiger partial charge in [-0.3, -0.25) is 0 Å². The summed E-state index contributed by atoms with van der Waals surface area (Å²) in [5.41, 5.74) is 3.21. The first-order valence-electron chi connectivity index (χ1n) is 8.58. The summed E-state index contributed by atoms with van der Waals surface area (Å²) in [4.78, 5) is 7.51. The van der Waals surface area contributed by atoms with Gasteiger partial charge >= 0.3 is 0 Å². The van der Waals surface area contributed by atoms with Gasteiger partial charge in [-0.2, -0.15) is 5.26 Å². The first kappa shape index (κ1) is 16.4. The van der Waals surface area contributed by atoms with Gasteiger partial charge in [0.15, 0.2) is 0 Å². The second kappa shape index (κ2) is 7.06. The second-order valence-corrected chi connectivity index (χ2v) is 6.23. The van der Waals surface area contributed by atoms with Crippen LogP contribution in [0, 0.1) is 11.3 Å². The van der Waals surface area contributed by atoms with Crippen molar-refractivity contribution in [2.24, 2.45) is 0 Å². The highest BCUT2D eigenvalue weighted by atomic mass is 16.5. The summed E-state index contributed by atoms with van der Waals surface area (Å²) in [6.07, 6.45) is 5.37. The maximum absolute atomic E-state index is 9.57. The number of nitrogens with one attached hydrogen (secondary N) is 1. The van der Waals surface area contributed by atoms with Crippen molar-refractivity contribution in [1.29, 1.82) is 5.26 Å². The van der Waals surface area contributed by atoms with Crippen molar-refractivity contribution in [3.63, 3.8) is 0 Å². The molecule has 1 N–H and O–H groups in total. The summed E-state index contributed by atoms with van der Waals surface area (Å²) in [5, 5.41) is 10.5. The minimum absolute atomic E-state index is 0.100. The van der Waals surface area contributed by atoms with Gasteiger partial charge in [0.25, 0.3) is 0 Å². The van der Waals surface area contributed by atoms with E-state index < -0.39 is 0 Å². The third-order valence-electron chi connectivity index (χ3n) is 4.61. The molecule has 0 atom stereocenters. The molecule has 1 aliphatic heterocycles. The highest BCUT2D eigenvalue weighted by Crippen LogP contribution is 2.33.